The van der Waals surface area contributed by atoms with E-state index < -0.39 is 0 Å². The van der Waals surface area contributed by atoms with E-state index in [0.29, 0.717) is 5.41 Å². The predicted molar refractivity (Wildman–Crippen MR) is 86.8 cm³/mol. The van der Waals surface area contributed by atoms with Crippen LogP contribution in [0.1, 0.15) is 42.4 Å². The Kier molecular flexibility index (Phi) is 5.20. The van der Waals surface area contributed by atoms with Crippen molar-refractivity contribution in [2.45, 2.75) is 45.3 Å². The van der Waals surface area contributed by atoms with Crippen LogP contribution in [0.15, 0.2) is 18.2 Å². The molecule has 1 aliphatic carbocycles. The first-order valence-electron chi connectivity index (χ1n) is 6.84. The summed E-state index contributed by atoms with van der Waals surface area (Å²) in [4.78, 5) is 0. The molecule has 1 aromatic rings. The normalized spacial score (nSPS) is 18.2. The first-order chi connectivity index (χ1) is 8.63. The average molecular weight is 327 g/mol. The lowest BCUT2D eigenvalue weighted by Crippen LogP contribution is -2.21. The summed E-state index contributed by atoms with van der Waals surface area (Å²) in [6, 6.07) is 6.91. The molecule has 18 heavy (non-hydrogen) atoms. The Morgan fingerprint density at radius 1 is 1.11 bits per heavy atom. The van der Waals surface area contributed by atoms with Gasteiger partial charge in [0.1, 0.15) is 0 Å². The predicted octanol–water partition coefficient (Wildman–Crippen LogP) is 5.49. The SMILES string of the molecule is Cc1cc(C)cc(CSCC2(CBr)CCCC2)c1. The first kappa shape index (κ1) is 14.5. The molecular formula is C16H23BrS. The van der Waals surface area contributed by atoms with Crippen molar-refractivity contribution in [2.24, 2.45) is 5.41 Å². The summed E-state index contributed by atoms with van der Waals surface area (Å²) >= 11 is 5.84. The molecule has 0 bridgehead atoms. The van der Waals surface area contributed by atoms with Gasteiger partial charge in [-0.15, -0.1) is 0 Å². The molecule has 1 saturated carbocycles. The van der Waals surface area contributed by atoms with Crippen LogP contribution in [0.25, 0.3) is 0 Å². The summed E-state index contributed by atoms with van der Waals surface area (Å²) in [5.74, 6) is 2.47. The molecule has 0 radical (unpaired) electrons. The van der Waals surface area contributed by atoms with Crippen molar-refractivity contribution in [1.82, 2.24) is 0 Å². The Morgan fingerprint density at radius 2 is 1.72 bits per heavy atom. The van der Waals surface area contributed by atoms with Crippen LogP contribution < -0.4 is 0 Å². The fourth-order valence-corrected chi connectivity index (χ4v) is 5.33. The summed E-state index contributed by atoms with van der Waals surface area (Å²) < 4.78 is 0. The lowest BCUT2D eigenvalue weighted by Gasteiger charge is -2.25. The van der Waals surface area contributed by atoms with Gasteiger partial charge in [-0.25, -0.2) is 0 Å². The van der Waals surface area contributed by atoms with Crippen molar-refractivity contribution in [3.05, 3.63) is 34.9 Å². The van der Waals surface area contributed by atoms with E-state index in [1.165, 1.54) is 53.5 Å². The van der Waals surface area contributed by atoms with E-state index in [0.717, 1.165) is 5.75 Å². The molecule has 0 spiro atoms. The number of hydrogen-bond donors (Lipinski definition) is 0. The lowest BCUT2D eigenvalue weighted by atomic mass is 9.92. The Hall–Kier alpha value is 0.0500. The fourth-order valence-electron chi connectivity index (χ4n) is 2.98. The second-order valence-corrected chi connectivity index (χ2v) is 7.38. The summed E-state index contributed by atoms with van der Waals surface area (Å²) in [6.07, 6.45) is 5.68. The second kappa shape index (κ2) is 6.47. The highest BCUT2D eigenvalue weighted by molar-refractivity contribution is 9.09. The Bertz CT molecular complexity index is 374. The number of halogens is 1. The van der Waals surface area contributed by atoms with Gasteiger partial charge in [-0.05, 0) is 37.7 Å². The van der Waals surface area contributed by atoms with Crippen LogP contribution in [0.4, 0.5) is 0 Å². The number of rotatable bonds is 5. The Labute approximate surface area is 124 Å². The highest BCUT2D eigenvalue weighted by atomic mass is 79.9. The third kappa shape index (κ3) is 3.77. The van der Waals surface area contributed by atoms with Crippen LogP contribution in [0, 0.1) is 19.3 Å². The van der Waals surface area contributed by atoms with E-state index in [2.05, 4.69) is 59.7 Å². The Balaban J connectivity index is 1.87. The van der Waals surface area contributed by atoms with Gasteiger partial charge in [0.15, 0.2) is 0 Å². The van der Waals surface area contributed by atoms with Gasteiger partial charge in [-0.3, -0.25) is 0 Å². The van der Waals surface area contributed by atoms with E-state index in [1.54, 1.807) is 0 Å². The maximum absolute atomic E-state index is 3.73. The lowest BCUT2D eigenvalue weighted by molar-refractivity contribution is 0.405. The van der Waals surface area contributed by atoms with Gasteiger partial charge < -0.3 is 0 Å². The van der Waals surface area contributed by atoms with E-state index in [1.807, 2.05) is 0 Å². The fraction of sp³-hybridized carbons (Fsp3) is 0.625. The van der Waals surface area contributed by atoms with Crippen LogP contribution in [0.2, 0.25) is 0 Å². The van der Waals surface area contributed by atoms with Crippen molar-refractivity contribution < 1.29 is 0 Å². The van der Waals surface area contributed by atoms with Crippen molar-refractivity contribution in [2.75, 3.05) is 11.1 Å². The molecule has 0 aliphatic heterocycles. The van der Waals surface area contributed by atoms with Gasteiger partial charge in [0.2, 0.25) is 0 Å². The van der Waals surface area contributed by atoms with Crippen LogP contribution in [-0.2, 0) is 5.75 Å². The Morgan fingerprint density at radius 3 is 2.28 bits per heavy atom. The maximum Gasteiger partial charge on any atom is 0.0184 e. The molecule has 0 heterocycles. The average Bonchev–Trinajstić information content (AvgIpc) is 2.77. The molecule has 0 nitrogen and oxygen atoms in total. The largest absolute Gasteiger partial charge is 0.157 e. The molecule has 0 N–H and O–H groups in total. The zero-order valence-corrected chi connectivity index (χ0v) is 13.9. The molecule has 2 heteroatoms. The molecule has 0 saturated heterocycles. The minimum atomic E-state index is 0.587. The monoisotopic (exact) mass is 326 g/mol. The summed E-state index contributed by atoms with van der Waals surface area (Å²) in [7, 11) is 0. The number of benzene rings is 1. The van der Waals surface area contributed by atoms with Gasteiger partial charge in [0, 0.05) is 16.8 Å². The first-order valence-corrected chi connectivity index (χ1v) is 9.12. The maximum atomic E-state index is 3.73. The number of aryl methyl sites for hydroxylation is 2. The van der Waals surface area contributed by atoms with Crippen molar-refractivity contribution >= 4 is 27.7 Å². The highest BCUT2D eigenvalue weighted by Crippen LogP contribution is 2.42. The van der Waals surface area contributed by atoms with Crippen molar-refractivity contribution in [1.29, 1.82) is 0 Å². The molecule has 1 aliphatic rings. The van der Waals surface area contributed by atoms with E-state index in [-0.39, 0.29) is 0 Å². The quantitative estimate of drug-likeness (QED) is 0.644. The molecule has 100 valence electrons. The van der Waals surface area contributed by atoms with Crippen molar-refractivity contribution in [3.63, 3.8) is 0 Å². The van der Waals surface area contributed by atoms with E-state index >= 15 is 0 Å². The number of thioether (sulfide) groups is 1. The van der Waals surface area contributed by atoms with Crippen LogP contribution in [0.5, 0.6) is 0 Å². The van der Waals surface area contributed by atoms with Gasteiger partial charge in [-0.1, -0.05) is 58.1 Å². The molecule has 0 atom stereocenters. The molecular weight excluding hydrogens is 304 g/mol. The van der Waals surface area contributed by atoms with Crippen LogP contribution >= 0.6 is 27.7 Å². The van der Waals surface area contributed by atoms with E-state index in [9.17, 15) is 0 Å². The van der Waals surface area contributed by atoms with E-state index in [4.69, 9.17) is 0 Å². The van der Waals surface area contributed by atoms with Crippen LogP contribution in [0.3, 0.4) is 0 Å². The topological polar surface area (TPSA) is 0 Å². The van der Waals surface area contributed by atoms with Crippen molar-refractivity contribution in [3.8, 4) is 0 Å². The standard InChI is InChI=1S/C16H23BrS/c1-13-7-14(2)9-15(8-13)10-18-12-16(11-17)5-3-4-6-16/h7-9H,3-6,10-12H2,1-2H3. The number of alkyl halides is 1. The zero-order valence-electron chi connectivity index (χ0n) is 11.5. The molecule has 1 fully saturated rings. The number of hydrogen-bond acceptors (Lipinski definition) is 1. The molecule has 2 rings (SSSR count). The van der Waals surface area contributed by atoms with Crippen LogP contribution in [-0.4, -0.2) is 11.1 Å². The zero-order chi connectivity index (χ0) is 13.0. The summed E-state index contributed by atoms with van der Waals surface area (Å²) in [5.41, 5.74) is 4.85. The molecule has 1 aromatic carbocycles. The van der Waals surface area contributed by atoms with Gasteiger partial charge in [-0.2, -0.15) is 11.8 Å². The van der Waals surface area contributed by atoms with Gasteiger partial charge in [0.25, 0.3) is 0 Å². The van der Waals surface area contributed by atoms with Gasteiger partial charge in [0.05, 0.1) is 0 Å². The minimum absolute atomic E-state index is 0.587. The molecule has 0 unspecified atom stereocenters. The summed E-state index contributed by atoms with van der Waals surface area (Å²) in [6.45, 7) is 4.39. The second-order valence-electron chi connectivity index (χ2n) is 5.83. The third-order valence-corrected chi connectivity index (χ3v) is 6.45. The molecule has 0 aromatic heterocycles. The minimum Gasteiger partial charge on any atom is -0.157 e. The molecule has 0 amide bonds. The summed E-state index contributed by atoms with van der Waals surface area (Å²) in [5, 5.41) is 1.18. The van der Waals surface area contributed by atoms with Gasteiger partial charge >= 0.3 is 0 Å². The third-order valence-electron chi connectivity index (χ3n) is 3.91. The highest BCUT2D eigenvalue weighted by Gasteiger charge is 2.32. The smallest absolute Gasteiger partial charge is 0.0184 e.